The van der Waals surface area contributed by atoms with E-state index in [1.54, 1.807) is 0 Å². The molecule has 2 aromatic carbocycles. The molecule has 4 rings (SSSR count). The van der Waals surface area contributed by atoms with Crippen molar-refractivity contribution in [1.82, 2.24) is 20.0 Å². The number of para-hydroxylation sites is 1. The Morgan fingerprint density at radius 2 is 1.74 bits per heavy atom. The lowest BCUT2D eigenvalue weighted by Gasteiger charge is -2.03. The Bertz CT molecular complexity index is 946. The third-order valence-corrected chi connectivity index (χ3v) is 3.85. The number of nitrogens with zero attached hydrogens (tertiary/aromatic N) is 4. The molecule has 0 N–H and O–H groups in total. The molecule has 6 heteroatoms. The molecule has 0 radical (unpaired) electrons. The summed E-state index contributed by atoms with van der Waals surface area (Å²) in [6.45, 7) is 0.678. The van der Waals surface area contributed by atoms with Gasteiger partial charge in [0.05, 0.1) is 12.1 Å². The van der Waals surface area contributed by atoms with E-state index in [9.17, 15) is 0 Å². The van der Waals surface area contributed by atoms with E-state index in [0.717, 1.165) is 10.9 Å². The fraction of sp³-hybridized carbons (Fsp3) is 0.118. The number of hydrogen-bond acceptors (Lipinski definition) is 4. The van der Waals surface area contributed by atoms with Crippen LogP contribution in [0.15, 0.2) is 59.0 Å². The molecule has 0 saturated heterocycles. The van der Waals surface area contributed by atoms with Gasteiger partial charge in [-0.3, -0.25) is 4.68 Å². The Kier molecular flexibility index (Phi) is 3.55. The maximum Gasteiger partial charge on any atom is 0.268 e. The molecule has 114 valence electrons. The number of rotatable bonds is 4. The predicted octanol–water partition coefficient (Wildman–Crippen LogP) is 3.87. The highest BCUT2D eigenvalue weighted by Gasteiger charge is 2.17. The molecule has 0 spiro atoms. The molecule has 0 amide bonds. The summed E-state index contributed by atoms with van der Waals surface area (Å²) in [5.74, 6) is 0.974. The third kappa shape index (κ3) is 2.59. The smallest absolute Gasteiger partial charge is 0.268 e. The highest BCUT2D eigenvalue weighted by Crippen LogP contribution is 2.27. The predicted molar refractivity (Wildman–Crippen MR) is 88.1 cm³/mol. The van der Waals surface area contributed by atoms with Crippen LogP contribution in [0.3, 0.4) is 0 Å². The minimum absolute atomic E-state index is 0.190. The average molecular weight is 325 g/mol. The molecule has 5 nitrogen and oxygen atoms in total. The first-order valence-electron chi connectivity index (χ1n) is 7.23. The van der Waals surface area contributed by atoms with E-state index < -0.39 is 0 Å². The summed E-state index contributed by atoms with van der Waals surface area (Å²) in [6.07, 6.45) is 0. The van der Waals surface area contributed by atoms with Gasteiger partial charge in [-0.2, -0.15) is 5.10 Å². The van der Waals surface area contributed by atoms with Gasteiger partial charge in [0.15, 0.2) is 5.69 Å². The first-order chi connectivity index (χ1) is 11.3. The van der Waals surface area contributed by atoms with Crippen LogP contribution < -0.4 is 0 Å². The lowest BCUT2D eigenvalue weighted by Crippen LogP contribution is -2.01. The van der Waals surface area contributed by atoms with Crippen molar-refractivity contribution >= 4 is 22.5 Å². The van der Waals surface area contributed by atoms with Crippen LogP contribution in [-0.4, -0.2) is 20.0 Å². The largest absolute Gasteiger partial charge is 0.418 e. The number of hydrogen-bond donors (Lipinski definition) is 0. The van der Waals surface area contributed by atoms with Gasteiger partial charge < -0.3 is 4.42 Å². The van der Waals surface area contributed by atoms with E-state index in [0.29, 0.717) is 24.0 Å². The number of aromatic nitrogens is 4. The first kappa shape index (κ1) is 14.0. The van der Waals surface area contributed by atoms with Crippen LogP contribution in [0.2, 0.25) is 0 Å². The lowest BCUT2D eigenvalue weighted by atomic mass is 10.2. The molecule has 0 aliphatic heterocycles. The summed E-state index contributed by atoms with van der Waals surface area (Å²) in [5.41, 5.74) is 2.89. The molecule has 0 aliphatic rings. The van der Waals surface area contributed by atoms with E-state index in [2.05, 4.69) is 27.4 Å². The summed E-state index contributed by atoms with van der Waals surface area (Å²) < 4.78 is 7.51. The SMILES string of the molecule is ClCc1nnc(-c2nn(Cc3ccccc3)c3ccccc23)o1. The molecule has 2 aromatic heterocycles. The van der Waals surface area contributed by atoms with Gasteiger partial charge in [-0.05, 0) is 11.6 Å². The van der Waals surface area contributed by atoms with Crippen LogP contribution in [0.1, 0.15) is 11.5 Å². The quantitative estimate of drug-likeness (QED) is 0.535. The van der Waals surface area contributed by atoms with Crippen molar-refractivity contribution in [3.8, 4) is 11.6 Å². The van der Waals surface area contributed by atoms with E-state index in [1.807, 2.05) is 47.1 Å². The fourth-order valence-electron chi connectivity index (χ4n) is 2.57. The van der Waals surface area contributed by atoms with Crippen molar-refractivity contribution in [3.63, 3.8) is 0 Å². The van der Waals surface area contributed by atoms with Crippen LogP contribution in [0, 0.1) is 0 Å². The topological polar surface area (TPSA) is 56.7 Å². The second-order valence-electron chi connectivity index (χ2n) is 5.14. The van der Waals surface area contributed by atoms with Gasteiger partial charge in [-0.25, -0.2) is 0 Å². The van der Waals surface area contributed by atoms with Crippen molar-refractivity contribution in [2.75, 3.05) is 0 Å². The molecule has 0 atom stereocenters. The van der Waals surface area contributed by atoms with Gasteiger partial charge in [0.1, 0.15) is 5.88 Å². The van der Waals surface area contributed by atoms with Gasteiger partial charge in [0.2, 0.25) is 5.89 Å². The Morgan fingerprint density at radius 1 is 0.957 bits per heavy atom. The molecular weight excluding hydrogens is 312 g/mol. The van der Waals surface area contributed by atoms with Gasteiger partial charge in [0.25, 0.3) is 5.89 Å². The summed E-state index contributed by atoms with van der Waals surface area (Å²) in [6, 6.07) is 18.2. The molecule has 2 heterocycles. The molecule has 0 fully saturated rings. The molecule has 0 bridgehead atoms. The Hall–Kier alpha value is -2.66. The molecule has 0 aliphatic carbocycles. The Labute approximate surface area is 137 Å². The van der Waals surface area contributed by atoms with Crippen molar-refractivity contribution in [2.45, 2.75) is 12.4 Å². The molecule has 4 aromatic rings. The van der Waals surface area contributed by atoms with E-state index in [-0.39, 0.29) is 5.88 Å². The van der Waals surface area contributed by atoms with Crippen molar-refractivity contribution in [2.24, 2.45) is 0 Å². The van der Waals surface area contributed by atoms with Crippen molar-refractivity contribution in [3.05, 3.63) is 66.1 Å². The van der Waals surface area contributed by atoms with Gasteiger partial charge in [0, 0.05) is 5.39 Å². The highest BCUT2D eigenvalue weighted by molar-refractivity contribution is 6.16. The second kappa shape index (κ2) is 5.85. The molecule has 0 unspecified atom stereocenters. The van der Waals surface area contributed by atoms with E-state index in [1.165, 1.54) is 5.56 Å². The van der Waals surface area contributed by atoms with Crippen LogP contribution in [0.5, 0.6) is 0 Å². The molecule has 0 saturated carbocycles. The number of benzene rings is 2. The van der Waals surface area contributed by atoms with Crippen LogP contribution in [0.4, 0.5) is 0 Å². The Morgan fingerprint density at radius 3 is 2.52 bits per heavy atom. The van der Waals surface area contributed by atoms with Gasteiger partial charge >= 0.3 is 0 Å². The normalized spacial score (nSPS) is 11.2. The average Bonchev–Trinajstić information content (AvgIpc) is 3.21. The zero-order chi connectivity index (χ0) is 15.6. The van der Waals surface area contributed by atoms with Gasteiger partial charge in [-0.1, -0.05) is 48.5 Å². The Balaban J connectivity index is 1.83. The standard InChI is InChI=1S/C17H13ClN4O/c18-10-15-19-20-17(23-15)16-13-8-4-5-9-14(13)22(21-16)11-12-6-2-1-3-7-12/h1-9H,10-11H2. The molecular formula is C17H13ClN4O. The second-order valence-corrected chi connectivity index (χ2v) is 5.41. The van der Waals surface area contributed by atoms with Gasteiger partial charge in [-0.15, -0.1) is 21.8 Å². The number of fused-ring (bicyclic) bond motifs is 1. The number of halogens is 1. The number of alkyl halides is 1. The maximum absolute atomic E-state index is 5.74. The van der Waals surface area contributed by atoms with E-state index in [4.69, 9.17) is 16.0 Å². The highest BCUT2D eigenvalue weighted by atomic mass is 35.5. The summed E-state index contributed by atoms with van der Waals surface area (Å²) in [5, 5.41) is 13.6. The van der Waals surface area contributed by atoms with E-state index >= 15 is 0 Å². The zero-order valence-electron chi connectivity index (χ0n) is 12.2. The minimum Gasteiger partial charge on any atom is -0.418 e. The summed E-state index contributed by atoms with van der Waals surface area (Å²) in [4.78, 5) is 0. The lowest BCUT2D eigenvalue weighted by molar-refractivity contribution is 0.524. The summed E-state index contributed by atoms with van der Waals surface area (Å²) in [7, 11) is 0. The monoisotopic (exact) mass is 324 g/mol. The minimum atomic E-state index is 0.190. The van der Waals surface area contributed by atoms with Crippen LogP contribution in [-0.2, 0) is 12.4 Å². The molecule has 23 heavy (non-hydrogen) atoms. The first-order valence-corrected chi connectivity index (χ1v) is 7.77. The zero-order valence-corrected chi connectivity index (χ0v) is 12.9. The van der Waals surface area contributed by atoms with Crippen LogP contribution >= 0.6 is 11.6 Å². The van der Waals surface area contributed by atoms with Crippen molar-refractivity contribution < 1.29 is 4.42 Å². The van der Waals surface area contributed by atoms with Crippen LogP contribution in [0.25, 0.3) is 22.5 Å². The maximum atomic E-state index is 5.74. The third-order valence-electron chi connectivity index (χ3n) is 3.62. The summed E-state index contributed by atoms with van der Waals surface area (Å²) >= 11 is 5.74. The fourth-order valence-corrected chi connectivity index (χ4v) is 2.67. The van der Waals surface area contributed by atoms with Crippen molar-refractivity contribution in [1.29, 1.82) is 0 Å².